The van der Waals surface area contributed by atoms with Gasteiger partial charge in [0.2, 0.25) is 0 Å². The van der Waals surface area contributed by atoms with E-state index in [0.29, 0.717) is 16.9 Å². The van der Waals surface area contributed by atoms with E-state index in [4.69, 9.17) is 10.5 Å². The second-order valence-corrected chi connectivity index (χ2v) is 3.60. The van der Waals surface area contributed by atoms with Gasteiger partial charge in [0.25, 0.3) is 0 Å². The monoisotopic (exact) mass is 233 g/mol. The molecule has 1 aromatic rings. The van der Waals surface area contributed by atoms with Gasteiger partial charge >= 0.3 is 6.18 Å². The van der Waals surface area contributed by atoms with E-state index in [1.807, 2.05) is 0 Å². The minimum Gasteiger partial charge on any atom is -0.496 e. The number of ether oxygens (including phenoxy) is 1. The van der Waals surface area contributed by atoms with Crippen LogP contribution in [0.3, 0.4) is 0 Å². The summed E-state index contributed by atoms with van der Waals surface area (Å²) >= 11 is 0. The minimum absolute atomic E-state index is 0.230. The van der Waals surface area contributed by atoms with Gasteiger partial charge in [-0.1, -0.05) is 12.1 Å². The van der Waals surface area contributed by atoms with Crippen LogP contribution in [0.5, 0.6) is 5.75 Å². The molecular weight excluding hydrogens is 219 g/mol. The van der Waals surface area contributed by atoms with Gasteiger partial charge in [0.05, 0.1) is 7.11 Å². The van der Waals surface area contributed by atoms with Crippen LogP contribution in [0.15, 0.2) is 18.2 Å². The number of rotatable bonds is 3. The van der Waals surface area contributed by atoms with Gasteiger partial charge in [-0.3, -0.25) is 0 Å². The van der Waals surface area contributed by atoms with Gasteiger partial charge in [0.1, 0.15) is 11.8 Å². The highest BCUT2D eigenvalue weighted by Crippen LogP contribution is 2.26. The fourth-order valence-corrected chi connectivity index (χ4v) is 1.45. The van der Waals surface area contributed by atoms with Crippen molar-refractivity contribution in [2.24, 2.45) is 5.73 Å². The molecule has 0 aliphatic rings. The maximum atomic E-state index is 12.3. The lowest BCUT2D eigenvalue weighted by Crippen LogP contribution is -2.39. The van der Waals surface area contributed by atoms with Crippen molar-refractivity contribution in [2.45, 2.75) is 25.6 Å². The quantitative estimate of drug-likeness (QED) is 0.870. The number of methoxy groups -OCH3 is 1. The lowest BCUT2D eigenvalue weighted by molar-refractivity contribution is -0.147. The summed E-state index contributed by atoms with van der Waals surface area (Å²) < 4.78 is 41.9. The Morgan fingerprint density at radius 3 is 2.50 bits per heavy atom. The van der Waals surface area contributed by atoms with Crippen LogP contribution < -0.4 is 10.5 Å². The maximum Gasteiger partial charge on any atom is 0.403 e. The molecule has 5 heteroatoms. The van der Waals surface area contributed by atoms with Crippen molar-refractivity contribution in [3.63, 3.8) is 0 Å². The van der Waals surface area contributed by atoms with E-state index in [0.717, 1.165) is 0 Å². The van der Waals surface area contributed by atoms with E-state index < -0.39 is 12.2 Å². The largest absolute Gasteiger partial charge is 0.496 e. The van der Waals surface area contributed by atoms with Crippen LogP contribution in [-0.4, -0.2) is 19.3 Å². The van der Waals surface area contributed by atoms with Gasteiger partial charge in [0, 0.05) is 0 Å². The summed E-state index contributed by atoms with van der Waals surface area (Å²) in [6.45, 7) is 1.72. The van der Waals surface area contributed by atoms with Crippen molar-refractivity contribution in [3.8, 4) is 5.75 Å². The number of benzene rings is 1. The molecule has 90 valence electrons. The number of halogens is 3. The van der Waals surface area contributed by atoms with Crippen molar-refractivity contribution < 1.29 is 17.9 Å². The van der Waals surface area contributed by atoms with Gasteiger partial charge in [-0.05, 0) is 30.5 Å². The van der Waals surface area contributed by atoms with Crippen molar-refractivity contribution in [3.05, 3.63) is 29.3 Å². The van der Waals surface area contributed by atoms with Crippen LogP contribution in [0, 0.1) is 6.92 Å². The van der Waals surface area contributed by atoms with Crippen molar-refractivity contribution in [2.75, 3.05) is 7.11 Å². The van der Waals surface area contributed by atoms with Gasteiger partial charge in [-0.15, -0.1) is 0 Å². The Balaban J connectivity index is 2.90. The van der Waals surface area contributed by atoms with Crippen LogP contribution in [0.2, 0.25) is 0 Å². The normalized spacial score (nSPS) is 13.6. The molecule has 0 bridgehead atoms. The molecule has 1 atom stereocenters. The van der Waals surface area contributed by atoms with Crippen molar-refractivity contribution >= 4 is 0 Å². The zero-order valence-corrected chi connectivity index (χ0v) is 9.14. The minimum atomic E-state index is -4.37. The van der Waals surface area contributed by atoms with Crippen LogP contribution >= 0.6 is 0 Å². The molecule has 0 saturated carbocycles. The van der Waals surface area contributed by atoms with Crippen molar-refractivity contribution in [1.82, 2.24) is 0 Å². The van der Waals surface area contributed by atoms with Crippen molar-refractivity contribution in [1.29, 1.82) is 0 Å². The lowest BCUT2D eigenvalue weighted by Gasteiger charge is -2.17. The second kappa shape index (κ2) is 4.74. The first-order valence-corrected chi connectivity index (χ1v) is 4.81. The number of hydrogen-bond acceptors (Lipinski definition) is 2. The molecule has 0 aromatic heterocycles. The highest BCUT2D eigenvalue weighted by atomic mass is 19.4. The third-order valence-electron chi connectivity index (χ3n) is 2.48. The fourth-order valence-electron chi connectivity index (χ4n) is 1.45. The molecular formula is C11H14F3NO. The van der Waals surface area contributed by atoms with Gasteiger partial charge in [-0.25, -0.2) is 0 Å². The van der Waals surface area contributed by atoms with E-state index in [9.17, 15) is 13.2 Å². The standard InChI is InChI=1S/C11H14F3NO/c1-7-8(4-3-5-9(7)16-2)6-10(15)11(12,13)14/h3-5,10H,6,15H2,1-2H3. The Labute approximate surface area is 92.2 Å². The smallest absolute Gasteiger partial charge is 0.403 e. The van der Waals surface area contributed by atoms with E-state index in [1.54, 1.807) is 25.1 Å². The number of alkyl halides is 3. The van der Waals surface area contributed by atoms with E-state index in [-0.39, 0.29) is 6.42 Å². The molecule has 0 aliphatic carbocycles. The zero-order chi connectivity index (χ0) is 12.3. The topological polar surface area (TPSA) is 35.2 Å². The first-order valence-electron chi connectivity index (χ1n) is 4.81. The molecule has 1 rings (SSSR count). The Hall–Kier alpha value is -1.23. The van der Waals surface area contributed by atoms with Crippen LogP contribution in [-0.2, 0) is 6.42 Å². The molecule has 2 nitrogen and oxygen atoms in total. The average Bonchev–Trinajstić information content (AvgIpc) is 2.19. The second-order valence-electron chi connectivity index (χ2n) is 3.60. The summed E-state index contributed by atoms with van der Waals surface area (Å²) in [5, 5.41) is 0. The SMILES string of the molecule is COc1cccc(CC(N)C(F)(F)F)c1C. The Morgan fingerprint density at radius 2 is 2.00 bits per heavy atom. The van der Waals surface area contributed by atoms with E-state index >= 15 is 0 Å². The molecule has 2 N–H and O–H groups in total. The predicted octanol–water partition coefficient (Wildman–Crippen LogP) is 2.44. The Kier molecular flexibility index (Phi) is 3.80. The summed E-state index contributed by atoms with van der Waals surface area (Å²) in [4.78, 5) is 0. The van der Waals surface area contributed by atoms with Crippen LogP contribution in [0.25, 0.3) is 0 Å². The first-order chi connectivity index (χ1) is 7.36. The highest BCUT2D eigenvalue weighted by molar-refractivity contribution is 5.39. The molecule has 0 heterocycles. The molecule has 16 heavy (non-hydrogen) atoms. The summed E-state index contributed by atoms with van der Waals surface area (Å²) in [6, 6.07) is 3.16. The lowest BCUT2D eigenvalue weighted by atomic mass is 10.0. The summed E-state index contributed by atoms with van der Waals surface area (Å²) in [7, 11) is 1.48. The van der Waals surface area contributed by atoms with E-state index in [1.165, 1.54) is 7.11 Å². The Morgan fingerprint density at radius 1 is 1.38 bits per heavy atom. The molecule has 0 amide bonds. The van der Waals surface area contributed by atoms with E-state index in [2.05, 4.69) is 0 Å². The third kappa shape index (κ3) is 2.88. The summed E-state index contributed by atoms with van der Waals surface area (Å²) in [5.74, 6) is 0.576. The molecule has 0 radical (unpaired) electrons. The molecule has 0 saturated heterocycles. The molecule has 1 aromatic carbocycles. The maximum absolute atomic E-state index is 12.3. The summed E-state index contributed by atoms with van der Waals surface area (Å²) in [6.07, 6.45) is -4.60. The zero-order valence-electron chi connectivity index (χ0n) is 9.14. The molecule has 0 fully saturated rings. The van der Waals surface area contributed by atoms with Gasteiger partial charge in [-0.2, -0.15) is 13.2 Å². The van der Waals surface area contributed by atoms with Crippen LogP contribution in [0.4, 0.5) is 13.2 Å². The number of nitrogens with two attached hydrogens (primary N) is 1. The number of hydrogen-bond donors (Lipinski definition) is 1. The molecule has 0 spiro atoms. The summed E-state index contributed by atoms with van der Waals surface area (Å²) in [5.41, 5.74) is 6.34. The fraction of sp³-hybridized carbons (Fsp3) is 0.455. The molecule has 1 unspecified atom stereocenters. The van der Waals surface area contributed by atoms with Gasteiger partial charge < -0.3 is 10.5 Å². The first kappa shape index (κ1) is 12.8. The molecule has 0 aliphatic heterocycles. The Bertz CT molecular complexity index is 363. The average molecular weight is 233 g/mol. The highest BCUT2D eigenvalue weighted by Gasteiger charge is 2.36. The van der Waals surface area contributed by atoms with Gasteiger partial charge in [0.15, 0.2) is 0 Å². The third-order valence-corrected chi connectivity index (χ3v) is 2.48. The van der Waals surface area contributed by atoms with Crippen LogP contribution in [0.1, 0.15) is 11.1 Å². The predicted molar refractivity (Wildman–Crippen MR) is 55.5 cm³/mol.